The van der Waals surface area contributed by atoms with Crippen LogP contribution in [-0.2, 0) is 9.84 Å². The van der Waals surface area contributed by atoms with Crippen LogP contribution in [0.2, 0.25) is 0 Å². The lowest BCUT2D eigenvalue weighted by molar-refractivity contribution is 0.586. The Bertz CT molecular complexity index is 622. The number of rotatable bonds is 2. The summed E-state index contributed by atoms with van der Waals surface area (Å²) in [7, 11) is -3.43. The van der Waals surface area contributed by atoms with Crippen LogP contribution < -0.4 is 0 Å². The van der Waals surface area contributed by atoms with E-state index in [-0.39, 0.29) is 5.16 Å². The van der Waals surface area contributed by atoms with Gasteiger partial charge in [-0.1, -0.05) is 17.2 Å². The van der Waals surface area contributed by atoms with Crippen LogP contribution in [0.5, 0.6) is 0 Å². The maximum Gasteiger partial charge on any atom is 0.272 e. The maximum absolute atomic E-state index is 11.4. The van der Waals surface area contributed by atoms with Gasteiger partial charge in [0.15, 0.2) is 0 Å². The van der Waals surface area contributed by atoms with Crippen LogP contribution in [-0.4, -0.2) is 34.9 Å². The van der Waals surface area contributed by atoms with Crippen molar-refractivity contribution in [2.45, 2.75) is 5.16 Å². The summed E-state index contributed by atoms with van der Waals surface area (Å²) in [6, 6.07) is 7.26. The van der Waals surface area contributed by atoms with Crippen molar-refractivity contribution in [3.8, 4) is 5.69 Å². The van der Waals surface area contributed by atoms with Crippen molar-refractivity contribution in [1.29, 1.82) is 0 Å². The molecule has 1 heterocycles. The number of hydrogen-bond acceptors (Lipinski definition) is 5. The Hall–Kier alpha value is -1.03. The molecule has 1 aromatic heterocycles. The van der Waals surface area contributed by atoms with E-state index in [1.54, 1.807) is 12.1 Å². The van der Waals surface area contributed by atoms with Crippen molar-refractivity contribution >= 4 is 32.4 Å². The molecule has 6 nitrogen and oxygen atoms in total. The van der Waals surface area contributed by atoms with Crippen LogP contribution in [0.25, 0.3) is 5.69 Å². The monoisotopic (exact) mass is 350 g/mol. The molecular formula is C8H7IN4O2S. The Morgan fingerprint density at radius 3 is 2.62 bits per heavy atom. The van der Waals surface area contributed by atoms with Gasteiger partial charge in [-0.05, 0) is 45.2 Å². The van der Waals surface area contributed by atoms with Gasteiger partial charge < -0.3 is 0 Å². The maximum atomic E-state index is 11.4. The van der Waals surface area contributed by atoms with Gasteiger partial charge in [0.05, 0.1) is 5.69 Å². The number of halogens is 1. The summed E-state index contributed by atoms with van der Waals surface area (Å²) in [4.78, 5) is 0. The minimum Gasteiger partial charge on any atom is -0.221 e. The van der Waals surface area contributed by atoms with Crippen molar-refractivity contribution in [2.75, 3.05) is 6.26 Å². The van der Waals surface area contributed by atoms with Crippen molar-refractivity contribution in [3.63, 3.8) is 0 Å². The van der Waals surface area contributed by atoms with Gasteiger partial charge in [-0.25, -0.2) is 8.42 Å². The van der Waals surface area contributed by atoms with Crippen LogP contribution in [0.1, 0.15) is 0 Å². The highest BCUT2D eigenvalue weighted by molar-refractivity contribution is 14.1. The predicted molar refractivity (Wildman–Crippen MR) is 65.0 cm³/mol. The summed E-state index contributed by atoms with van der Waals surface area (Å²) in [5.41, 5.74) is 0.647. The Labute approximate surface area is 106 Å². The SMILES string of the molecule is CS(=O)(=O)c1nnnn1-c1ccccc1I. The Kier molecular flexibility index (Phi) is 2.93. The molecule has 0 aliphatic heterocycles. The zero-order valence-electron chi connectivity index (χ0n) is 8.20. The van der Waals surface area contributed by atoms with E-state index < -0.39 is 9.84 Å². The second-order valence-electron chi connectivity index (χ2n) is 3.10. The van der Waals surface area contributed by atoms with Crippen LogP contribution in [0.15, 0.2) is 29.4 Å². The zero-order valence-corrected chi connectivity index (χ0v) is 11.2. The molecule has 0 N–H and O–H groups in total. The zero-order chi connectivity index (χ0) is 11.8. The number of hydrogen-bond donors (Lipinski definition) is 0. The molecule has 0 amide bonds. The van der Waals surface area contributed by atoms with Gasteiger partial charge in [0.25, 0.3) is 5.16 Å². The van der Waals surface area contributed by atoms with E-state index in [4.69, 9.17) is 0 Å². The number of aromatic nitrogens is 4. The highest BCUT2D eigenvalue weighted by Crippen LogP contribution is 2.17. The van der Waals surface area contributed by atoms with Crippen LogP contribution >= 0.6 is 22.6 Å². The molecule has 2 rings (SSSR count). The molecule has 0 bridgehead atoms. The summed E-state index contributed by atoms with van der Waals surface area (Å²) in [6.45, 7) is 0. The number of benzene rings is 1. The van der Waals surface area contributed by atoms with Crippen molar-refractivity contribution in [3.05, 3.63) is 27.8 Å². The van der Waals surface area contributed by atoms with Gasteiger partial charge in [-0.15, -0.1) is 0 Å². The molecule has 2 aromatic rings. The quantitative estimate of drug-likeness (QED) is 0.744. The molecule has 0 fully saturated rings. The van der Waals surface area contributed by atoms with Gasteiger partial charge in [-0.3, -0.25) is 0 Å². The largest absolute Gasteiger partial charge is 0.272 e. The van der Waals surface area contributed by atoms with Gasteiger partial charge in [0.2, 0.25) is 9.84 Å². The minimum absolute atomic E-state index is 0.156. The fraction of sp³-hybridized carbons (Fsp3) is 0.125. The molecule has 0 saturated heterocycles. The first-order valence-electron chi connectivity index (χ1n) is 4.23. The topological polar surface area (TPSA) is 77.7 Å². The van der Waals surface area contributed by atoms with Gasteiger partial charge in [0.1, 0.15) is 0 Å². The fourth-order valence-electron chi connectivity index (χ4n) is 1.18. The third-order valence-electron chi connectivity index (χ3n) is 1.85. The molecule has 0 aliphatic rings. The minimum atomic E-state index is -3.43. The number of para-hydroxylation sites is 1. The van der Waals surface area contributed by atoms with E-state index in [9.17, 15) is 8.42 Å². The molecular weight excluding hydrogens is 343 g/mol. The molecule has 84 valence electrons. The average molecular weight is 350 g/mol. The highest BCUT2D eigenvalue weighted by atomic mass is 127. The summed E-state index contributed by atoms with van der Waals surface area (Å²) in [6.07, 6.45) is 1.07. The predicted octanol–water partition coefficient (Wildman–Crippen LogP) is 0.670. The van der Waals surface area contributed by atoms with Gasteiger partial charge in [0, 0.05) is 9.83 Å². The Balaban J connectivity index is 2.68. The van der Waals surface area contributed by atoms with Gasteiger partial charge >= 0.3 is 0 Å². The van der Waals surface area contributed by atoms with Crippen molar-refractivity contribution in [2.24, 2.45) is 0 Å². The average Bonchev–Trinajstić information content (AvgIpc) is 2.66. The van der Waals surface area contributed by atoms with E-state index in [1.807, 2.05) is 12.1 Å². The van der Waals surface area contributed by atoms with E-state index in [0.29, 0.717) is 5.69 Å². The lowest BCUT2D eigenvalue weighted by Gasteiger charge is -2.04. The first-order chi connectivity index (χ1) is 7.50. The lowest BCUT2D eigenvalue weighted by Crippen LogP contribution is -2.09. The van der Waals surface area contributed by atoms with Crippen molar-refractivity contribution in [1.82, 2.24) is 20.2 Å². The molecule has 0 aliphatic carbocycles. The van der Waals surface area contributed by atoms with Crippen LogP contribution in [0.3, 0.4) is 0 Å². The second-order valence-corrected chi connectivity index (χ2v) is 6.17. The van der Waals surface area contributed by atoms with Crippen LogP contribution in [0.4, 0.5) is 0 Å². The van der Waals surface area contributed by atoms with Crippen molar-refractivity contribution < 1.29 is 8.42 Å². The second kappa shape index (κ2) is 4.09. The molecule has 8 heteroatoms. The molecule has 0 radical (unpaired) electrons. The number of sulfone groups is 1. The van der Waals surface area contributed by atoms with E-state index in [2.05, 4.69) is 38.1 Å². The van der Waals surface area contributed by atoms with Crippen LogP contribution in [0, 0.1) is 3.57 Å². The first-order valence-corrected chi connectivity index (χ1v) is 7.20. The first kappa shape index (κ1) is 11.5. The standard InChI is InChI=1S/C8H7IN4O2S/c1-16(14,15)8-10-11-12-13(8)7-5-3-2-4-6(7)9/h2-5H,1H3. The molecule has 1 aromatic carbocycles. The highest BCUT2D eigenvalue weighted by Gasteiger charge is 2.19. The summed E-state index contributed by atoms with van der Waals surface area (Å²) in [5.74, 6) is 0. The van der Waals surface area contributed by atoms with E-state index in [0.717, 1.165) is 9.83 Å². The van der Waals surface area contributed by atoms with Gasteiger partial charge in [-0.2, -0.15) is 4.68 Å². The molecule has 0 spiro atoms. The lowest BCUT2D eigenvalue weighted by atomic mass is 10.3. The molecule has 0 unspecified atom stereocenters. The summed E-state index contributed by atoms with van der Waals surface area (Å²) < 4.78 is 25.0. The fourth-order valence-corrected chi connectivity index (χ4v) is 2.43. The molecule has 16 heavy (non-hydrogen) atoms. The third-order valence-corrected chi connectivity index (χ3v) is 3.68. The number of nitrogens with zero attached hydrogens (tertiary/aromatic N) is 4. The van der Waals surface area contributed by atoms with E-state index >= 15 is 0 Å². The Morgan fingerprint density at radius 2 is 2.00 bits per heavy atom. The third kappa shape index (κ3) is 2.07. The smallest absolute Gasteiger partial charge is 0.221 e. The molecule has 0 atom stereocenters. The molecule has 0 saturated carbocycles. The summed E-state index contributed by atoms with van der Waals surface area (Å²) >= 11 is 2.10. The normalized spacial score (nSPS) is 11.6. The number of tetrazole rings is 1. The summed E-state index contributed by atoms with van der Waals surface area (Å²) in [5, 5.41) is 10.4. The van der Waals surface area contributed by atoms with E-state index in [1.165, 1.54) is 4.68 Å². The Morgan fingerprint density at radius 1 is 1.31 bits per heavy atom.